The molecular formula is C16H18BN2O3S-. The van der Waals surface area contributed by atoms with Crippen molar-refractivity contribution in [2.45, 2.75) is 13.0 Å². The van der Waals surface area contributed by atoms with E-state index in [0.29, 0.717) is 35.8 Å². The van der Waals surface area contributed by atoms with Crippen molar-refractivity contribution >= 4 is 35.2 Å². The number of fused-ring (bicyclic) bond motifs is 1. The maximum absolute atomic E-state index is 9.96. The van der Waals surface area contributed by atoms with Crippen LogP contribution in [-0.4, -0.2) is 28.5 Å². The highest BCUT2D eigenvalue weighted by Gasteiger charge is 2.29. The smallest absolute Gasteiger partial charge is 0.405 e. The summed E-state index contributed by atoms with van der Waals surface area (Å²) in [5, 5.41) is 26.6. The zero-order chi connectivity index (χ0) is 16.3. The lowest BCUT2D eigenvalue weighted by molar-refractivity contribution is 0.159. The Kier molecular flexibility index (Phi) is 4.63. The van der Waals surface area contributed by atoms with Gasteiger partial charge in [0.1, 0.15) is 0 Å². The first-order chi connectivity index (χ1) is 11.0. The van der Waals surface area contributed by atoms with Gasteiger partial charge in [-0.1, -0.05) is 48.0 Å². The molecule has 0 fully saturated rings. The standard InChI is InChI=1S/C16H18BN2O3S/c20-17(21)15-10-14(7-6-13(15)8-9-22-17)19-16(23)18-11-12-4-2-1-3-5-12/h1-7,10,20-21H,8-9,11H2,(H2,18,19,23)/q-1. The fourth-order valence-corrected chi connectivity index (χ4v) is 2.82. The Morgan fingerprint density at radius 2 is 1.96 bits per heavy atom. The predicted octanol–water partition coefficient (Wildman–Crippen LogP) is 0.876. The van der Waals surface area contributed by atoms with Gasteiger partial charge in [0.05, 0.1) is 0 Å². The van der Waals surface area contributed by atoms with Crippen molar-refractivity contribution in [3.05, 3.63) is 59.7 Å². The molecule has 0 aliphatic carbocycles. The largest absolute Gasteiger partial charge is 0.556 e. The number of hydrogen-bond donors (Lipinski definition) is 4. The van der Waals surface area contributed by atoms with Gasteiger partial charge in [0, 0.05) is 18.8 Å². The minimum Gasteiger partial charge on any atom is -0.556 e. The molecule has 2 aromatic carbocycles. The minimum absolute atomic E-state index is 0.309. The number of thiocarbonyl (C=S) groups is 1. The van der Waals surface area contributed by atoms with E-state index in [1.807, 2.05) is 42.5 Å². The van der Waals surface area contributed by atoms with Gasteiger partial charge in [-0.25, -0.2) is 0 Å². The van der Waals surface area contributed by atoms with E-state index in [1.54, 1.807) is 6.07 Å². The molecule has 1 heterocycles. The number of nitrogens with one attached hydrogen (secondary N) is 2. The molecule has 0 saturated heterocycles. The third-order valence-corrected chi connectivity index (χ3v) is 4.07. The number of benzene rings is 2. The lowest BCUT2D eigenvalue weighted by Gasteiger charge is -2.36. The topological polar surface area (TPSA) is 73.8 Å². The Labute approximate surface area is 140 Å². The van der Waals surface area contributed by atoms with Gasteiger partial charge < -0.3 is 25.3 Å². The fraction of sp³-hybridized carbons (Fsp3) is 0.188. The summed E-state index contributed by atoms with van der Waals surface area (Å²) in [5.41, 5.74) is 3.11. The first kappa shape index (κ1) is 16.0. The van der Waals surface area contributed by atoms with E-state index >= 15 is 0 Å². The molecule has 0 aromatic heterocycles. The summed E-state index contributed by atoms with van der Waals surface area (Å²) in [5.74, 6) is 0. The fourth-order valence-electron chi connectivity index (χ4n) is 2.63. The molecule has 1 aliphatic heterocycles. The van der Waals surface area contributed by atoms with Crippen LogP contribution in [0.5, 0.6) is 0 Å². The zero-order valence-electron chi connectivity index (χ0n) is 12.5. The van der Waals surface area contributed by atoms with Crippen LogP contribution in [0.15, 0.2) is 48.5 Å². The number of hydrogen-bond acceptors (Lipinski definition) is 4. The van der Waals surface area contributed by atoms with Crippen molar-refractivity contribution in [3.8, 4) is 0 Å². The van der Waals surface area contributed by atoms with Crippen LogP contribution in [0.25, 0.3) is 0 Å². The molecule has 2 aromatic rings. The van der Waals surface area contributed by atoms with Crippen molar-refractivity contribution in [1.82, 2.24) is 5.32 Å². The van der Waals surface area contributed by atoms with E-state index in [4.69, 9.17) is 16.9 Å². The van der Waals surface area contributed by atoms with Crippen LogP contribution in [0.2, 0.25) is 0 Å². The van der Waals surface area contributed by atoms with Crippen molar-refractivity contribution in [1.29, 1.82) is 0 Å². The highest BCUT2D eigenvalue weighted by molar-refractivity contribution is 7.80. The Hall–Kier alpha value is -1.93. The van der Waals surface area contributed by atoms with Crippen molar-refractivity contribution in [2.75, 3.05) is 11.9 Å². The van der Waals surface area contributed by atoms with Crippen molar-refractivity contribution < 1.29 is 14.7 Å². The summed E-state index contributed by atoms with van der Waals surface area (Å²) in [6.07, 6.45) is 0.664. The summed E-state index contributed by atoms with van der Waals surface area (Å²) in [4.78, 5) is 0. The highest BCUT2D eigenvalue weighted by Crippen LogP contribution is 2.16. The molecule has 4 N–H and O–H groups in total. The van der Waals surface area contributed by atoms with Crippen LogP contribution < -0.4 is 16.1 Å². The lowest BCUT2D eigenvalue weighted by atomic mass is 9.65. The minimum atomic E-state index is -2.93. The molecular weight excluding hydrogens is 311 g/mol. The normalized spacial score (nSPS) is 15.6. The molecule has 0 atom stereocenters. The molecule has 5 nitrogen and oxygen atoms in total. The number of anilines is 1. The van der Waals surface area contributed by atoms with Crippen LogP contribution in [0.3, 0.4) is 0 Å². The molecule has 120 valence electrons. The molecule has 7 heteroatoms. The average Bonchev–Trinajstić information content (AvgIpc) is 2.54. The van der Waals surface area contributed by atoms with Gasteiger partial charge in [-0.3, -0.25) is 0 Å². The van der Waals surface area contributed by atoms with E-state index < -0.39 is 6.75 Å². The van der Waals surface area contributed by atoms with E-state index in [0.717, 1.165) is 11.1 Å². The van der Waals surface area contributed by atoms with Gasteiger partial charge in [0.2, 0.25) is 0 Å². The quantitative estimate of drug-likeness (QED) is 0.495. The second kappa shape index (κ2) is 6.68. The molecule has 23 heavy (non-hydrogen) atoms. The van der Waals surface area contributed by atoms with Gasteiger partial charge in [0.15, 0.2) is 5.11 Å². The van der Waals surface area contributed by atoms with E-state index in [2.05, 4.69) is 10.6 Å². The summed E-state index contributed by atoms with van der Waals surface area (Å²) in [7, 11) is 0. The molecule has 0 amide bonds. The first-order valence-corrected chi connectivity index (χ1v) is 7.90. The molecule has 0 saturated carbocycles. The van der Waals surface area contributed by atoms with Crippen LogP contribution in [-0.2, 0) is 17.6 Å². The third-order valence-electron chi connectivity index (χ3n) is 3.83. The van der Waals surface area contributed by atoms with Gasteiger partial charge in [-0.15, -0.1) is 5.46 Å². The van der Waals surface area contributed by atoms with Crippen molar-refractivity contribution in [2.24, 2.45) is 0 Å². The van der Waals surface area contributed by atoms with Crippen molar-refractivity contribution in [3.63, 3.8) is 0 Å². The molecule has 0 radical (unpaired) electrons. The Balaban J connectivity index is 1.65. The van der Waals surface area contributed by atoms with Gasteiger partial charge in [-0.05, 0) is 30.3 Å². The maximum atomic E-state index is 9.96. The summed E-state index contributed by atoms with van der Waals surface area (Å²) in [6.45, 7) is -2.00. The molecule has 0 unspecified atom stereocenters. The van der Waals surface area contributed by atoms with Gasteiger partial charge >= 0.3 is 6.75 Å². The molecule has 1 aliphatic rings. The number of rotatable bonds is 3. The Morgan fingerprint density at radius 1 is 1.17 bits per heavy atom. The summed E-state index contributed by atoms with van der Waals surface area (Å²) in [6, 6.07) is 15.3. The van der Waals surface area contributed by atoms with E-state index in [9.17, 15) is 10.0 Å². The Bertz CT molecular complexity index is 710. The van der Waals surface area contributed by atoms with Gasteiger partial charge in [0.25, 0.3) is 0 Å². The monoisotopic (exact) mass is 329 g/mol. The SMILES string of the molecule is O[B-]1(O)OCCc2ccc(NC(=S)NCc3ccccc3)cc21. The molecule has 3 rings (SSSR count). The second-order valence-electron chi connectivity index (χ2n) is 5.53. The average molecular weight is 329 g/mol. The summed E-state index contributed by atoms with van der Waals surface area (Å²) >= 11 is 5.27. The molecule has 0 bridgehead atoms. The summed E-state index contributed by atoms with van der Waals surface area (Å²) < 4.78 is 5.05. The second-order valence-corrected chi connectivity index (χ2v) is 5.94. The lowest BCUT2D eigenvalue weighted by Crippen LogP contribution is -2.56. The Morgan fingerprint density at radius 3 is 2.74 bits per heavy atom. The third kappa shape index (κ3) is 3.89. The predicted molar refractivity (Wildman–Crippen MR) is 95.4 cm³/mol. The molecule has 0 spiro atoms. The highest BCUT2D eigenvalue weighted by atomic mass is 32.1. The van der Waals surface area contributed by atoms with Crippen LogP contribution in [0.1, 0.15) is 11.1 Å². The van der Waals surface area contributed by atoms with E-state index in [1.165, 1.54) is 0 Å². The van der Waals surface area contributed by atoms with E-state index in [-0.39, 0.29) is 0 Å². The van der Waals surface area contributed by atoms with Crippen LogP contribution in [0.4, 0.5) is 5.69 Å². The maximum Gasteiger partial charge on any atom is 0.405 e. The van der Waals surface area contributed by atoms with Crippen LogP contribution >= 0.6 is 12.2 Å². The zero-order valence-corrected chi connectivity index (χ0v) is 13.3. The van der Waals surface area contributed by atoms with Gasteiger partial charge in [-0.2, -0.15) is 0 Å². The van der Waals surface area contributed by atoms with Crippen LogP contribution in [0, 0.1) is 0 Å². The first-order valence-electron chi connectivity index (χ1n) is 7.49.